The maximum Gasteiger partial charge on any atom is 0.268 e. The fraction of sp³-hybridized carbons (Fsp3) is 0.379. The highest BCUT2D eigenvalue weighted by Crippen LogP contribution is 2.26. The summed E-state index contributed by atoms with van der Waals surface area (Å²) in [6.45, 7) is 9.88. The number of aryl methyl sites for hydroxylation is 1. The minimum atomic E-state index is -0.916. The summed E-state index contributed by atoms with van der Waals surface area (Å²) in [4.78, 5) is 18.2. The van der Waals surface area contributed by atoms with Crippen LogP contribution in [0.3, 0.4) is 0 Å². The molecule has 0 radical (unpaired) electrons. The predicted octanol–water partition coefficient (Wildman–Crippen LogP) is 7.94. The highest BCUT2D eigenvalue weighted by atomic mass is 35.5. The Bertz CT molecular complexity index is 1160. The predicted molar refractivity (Wildman–Crippen MR) is 144 cm³/mol. The minimum Gasteiger partial charge on any atom is -0.361 e. The summed E-state index contributed by atoms with van der Waals surface area (Å²) in [5.41, 5.74) is 4.46. The van der Waals surface area contributed by atoms with Gasteiger partial charge >= 0.3 is 0 Å². The first-order chi connectivity index (χ1) is 17.2. The summed E-state index contributed by atoms with van der Waals surface area (Å²) in [5.74, 6) is -1.81. The number of nitrogens with one attached hydrogen (secondary N) is 1. The summed E-state index contributed by atoms with van der Waals surface area (Å²) < 4.78 is 27.7. The Balaban J connectivity index is 2.05. The van der Waals surface area contributed by atoms with Crippen molar-refractivity contribution in [1.29, 1.82) is 0 Å². The smallest absolute Gasteiger partial charge is 0.268 e. The van der Waals surface area contributed by atoms with Crippen LogP contribution in [0.15, 0.2) is 59.0 Å². The van der Waals surface area contributed by atoms with E-state index < -0.39 is 11.6 Å². The number of amides is 1. The second-order valence-electron chi connectivity index (χ2n) is 8.70. The molecule has 2 aromatic carbocycles. The molecular formula is C29H35ClF2N2O2. The average molecular weight is 517 g/mol. The maximum atomic E-state index is 14.1. The normalized spacial score (nSPS) is 12.9. The molecule has 1 N–H and O–H groups in total. The fourth-order valence-electron chi connectivity index (χ4n) is 3.53. The van der Waals surface area contributed by atoms with Gasteiger partial charge < -0.3 is 10.2 Å². The van der Waals surface area contributed by atoms with Crippen molar-refractivity contribution >= 4 is 28.8 Å². The van der Waals surface area contributed by atoms with Crippen LogP contribution in [0.5, 0.6) is 0 Å². The number of hydrogen-bond acceptors (Lipinski definition) is 3. The van der Waals surface area contributed by atoms with Gasteiger partial charge in [-0.15, -0.1) is 0 Å². The molecule has 0 unspecified atom stereocenters. The molecule has 2 aromatic rings. The number of oxime groups is 1. The van der Waals surface area contributed by atoms with Crippen molar-refractivity contribution in [2.24, 2.45) is 5.16 Å². The molecule has 0 fully saturated rings. The molecule has 4 nitrogen and oxygen atoms in total. The van der Waals surface area contributed by atoms with Crippen molar-refractivity contribution in [3.63, 3.8) is 0 Å². The largest absolute Gasteiger partial charge is 0.361 e. The second-order valence-corrected chi connectivity index (χ2v) is 9.13. The van der Waals surface area contributed by atoms with E-state index in [0.717, 1.165) is 41.2 Å². The Kier molecular flexibility index (Phi) is 11.8. The number of benzene rings is 2. The summed E-state index contributed by atoms with van der Waals surface area (Å²) in [6, 6.07) is 9.82. The van der Waals surface area contributed by atoms with Crippen LogP contribution in [0.2, 0.25) is 5.02 Å². The number of nitrogens with zero attached hydrogens (tertiary/aromatic N) is 1. The van der Waals surface area contributed by atoms with E-state index in [1.54, 1.807) is 6.92 Å². The van der Waals surface area contributed by atoms with Crippen LogP contribution in [-0.4, -0.2) is 18.2 Å². The van der Waals surface area contributed by atoms with E-state index in [-0.39, 0.29) is 23.6 Å². The van der Waals surface area contributed by atoms with Crippen LogP contribution in [0.1, 0.15) is 70.1 Å². The average Bonchev–Trinajstić information content (AvgIpc) is 2.87. The molecule has 0 heterocycles. The van der Waals surface area contributed by atoms with Gasteiger partial charge in [-0.3, -0.25) is 4.79 Å². The highest BCUT2D eigenvalue weighted by molar-refractivity contribution is 6.37. The number of hydrogen-bond donors (Lipinski definition) is 1. The van der Waals surface area contributed by atoms with Gasteiger partial charge in [0, 0.05) is 18.0 Å². The van der Waals surface area contributed by atoms with Crippen molar-refractivity contribution in [2.75, 3.05) is 6.54 Å². The van der Waals surface area contributed by atoms with E-state index in [0.29, 0.717) is 30.2 Å². The molecule has 2 rings (SSSR count). The van der Waals surface area contributed by atoms with Crippen molar-refractivity contribution < 1.29 is 18.4 Å². The van der Waals surface area contributed by atoms with E-state index in [1.165, 1.54) is 12.1 Å². The number of rotatable bonds is 12. The van der Waals surface area contributed by atoms with Crippen LogP contribution in [0, 0.1) is 18.6 Å². The topological polar surface area (TPSA) is 50.7 Å². The molecule has 0 aromatic heterocycles. The molecule has 0 aliphatic carbocycles. The lowest BCUT2D eigenvalue weighted by Gasteiger charge is -2.13. The summed E-state index contributed by atoms with van der Waals surface area (Å²) in [5, 5.41) is 7.52. The van der Waals surface area contributed by atoms with E-state index >= 15 is 0 Å². The lowest BCUT2D eigenvalue weighted by Crippen LogP contribution is -2.30. The van der Waals surface area contributed by atoms with Gasteiger partial charge in [0.25, 0.3) is 5.91 Å². The zero-order chi connectivity index (χ0) is 26.7. The van der Waals surface area contributed by atoms with Crippen LogP contribution in [0.4, 0.5) is 8.78 Å². The molecule has 0 saturated heterocycles. The van der Waals surface area contributed by atoms with E-state index in [1.807, 2.05) is 39.0 Å². The summed E-state index contributed by atoms with van der Waals surface area (Å²) in [7, 11) is 0. The van der Waals surface area contributed by atoms with Gasteiger partial charge in [0.15, 0.2) is 11.6 Å². The number of halogens is 3. The third-order valence-corrected chi connectivity index (χ3v) is 6.15. The van der Waals surface area contributed by atoms with Crippen molar-refractivity contribution in [3.05, 3.63) is 87.2 Å². The number of carbonyl (C=O) groups is 1. The van der Waals surface area contributed by atoms with Crippen molar-refractivity contribution in [2.45, 2.75) is 66.7 Å². The molecule has 0 bridgehead atoms. The van der Waals surface area contributed by atoms with Crippen molar-refractivity contribution in [3.8, 4) is 0 Å². The summed E-state index contributed by atoms with van der Waals surface area (Å²) >= 11 is 6.21. The first kappa shape index (κ1) is 29.2. The van der Waals surface area contributed by atoms with Gasteiger partial charge in [0.2, 0.25) is 0 Å². The quantitative estimate of drug-likeness (QED) is 0.177. The molecule has 7 heteroatoms. The maximum absolute atomic E-state index is 14.1. The van der Waals surface area contributed by atoms with Crippen LogP contribution in [-0.2, 0) is 16.1 Å². The molecular weight excluding hydrogens is 482 g/mol. The molecule has 0 aliphatic rings. The molecule has 36 heavy (non-hydrogen) atoms. The number of allylic oxidation sites excluding steroid dienone is 3. The van der Waals surface area contributed by atoms with Gasteiger partial charge in [-0.2, -0.15) is 0 Å². The molecule has 0 spiro atoms. The lowest BCUT2D eigenvalue weighted by molar-refractivity contribution is -0.114. The molecule has 0 saturated carbocycles. The Labute approximate surface area is 218 Å². The number of carbonyl (C=O) groups excluding carboxylic acids is 1. The molecule has 0 aliphatic heterocycles. The molecule has 194 valence electrons. The van der Waals surface area contributed by atoms with Crippen molar-refractivity contribution in [1.82, 2.24) is 5.32 Å². The zero-order valence-corrected chi connectivity index (χ0v) is 22.4. The lowest BCUT2D eigenvalue weighted by atomic mass is 9.96. The van der Waals surface area contributed by atoms with Gasteiger partial charge in [-0.1, -0.05) is 61.3 Å². The molecule has 0 atom stereocenters. The molecule has 1 amide bonds. The first-order valence-corrected chi connectivity index (χ1v) is 12.6. The third kappa shape index (κ3) is 8.59. The minimum absolute atomic E-state index is 0.0340. The van der Waals surface area contributed by atoms with E-state index in [2.05, 4.69) is 23.5 Å². The van der Waals surface area contributed by atoms with Gasteiger partial charge in [0.1, 0.15) is 11.5 Å². The van der Waals surface area contributed by atoms with Gasteiger partial charge in [0.05, 0.1) is 0 Å². The SMILES string of the molecule is CCCC=C(CCNC(=O)C(C)=NOC(Cc1cccc(F)c1F)=C(C)CC)c1cc(Cl)ccc1C. The standard InChI is InChI=1S/C29H35ClF2N2O2/c1-6-8-10-22(25-18-24(30)14-13-20(25)4)15-16-33-29(35)21(5)34-36-27(19(3)7-2)17-23-11-9-12-26(31)28(23)32/h9-14,18H,6-8,15-17H2,1-5H3,(H,33,35). The Morgan fingerprint density at radius 1 is 1.17 bits per heavy atom. The van der Waals surface area contributed by atoms with Gasteiger partial charge in [-0.05, 0) is 86.1 Å². The summed E-state index contributed by atoms with van der Waals surface area (Å²) in [6.07, 6.45) is 5.45. The Morgan fingerprint density at radius 3 is 2.61 bits per heavy atom. The Morgan fingerprint density at radius 2 is 1.92 bits per heavy atom. The first-order valence-electron chi connectivity index (χ1n) is 12.2. The van der Waals surface area contributed by atoms with Crippen LogP contribution in [0.25, 0.3) is 5.57 Å². The highest BCUT2D eigenvalue weighted by Gasteiger charge is 2.14. The Hall–Kier alpha value is -2.99. The van der Waals surface area contributed by atoms with Crippen LogP contribution < -0.4 is 5.32 Å². The van der Waals surface area contributed by atoms with Gasteiger partial charge in [-0.25, -0.2) is 8.78 Å². The zero-order valence-electron chi connectivity index (χ0n) is 21.7. The number of unbranched alkanes of at least 4 members (excludes halogenated alkanes) is 1. The van der Waals surface area contributed by atoms with Crippen LogP contribution >= 0.6 is 11.6 Å². The second kappa shape index (κ2) is 14.5. The monoisotopic (exact) mass is 516 g/mol. The van der Waals surface area contributed by atoms with E-state index in [4.69, 9.17) is 16.4 Å². The third-order valence-electron chi connectivity index (χ3n) is 5.92. The van der Waals surface area contributed by atoms with E-state index in [9.17, 15) is 13.6 Å². The fourth-order valence-corrected chi connectivity index (χ4v) is 3.70.